The molecule has 0 aromatic heterocycles. The molecule has 4 aliphatic heterocycles. The maximum absolute atomic E-state index is 6.63. The molecule has 4 heterocycles. The largest absolute Gasteiger partial charge is 0.453 e. The van der Waals surface area contributed by atoms with Crippen LogP contribution < -0.4 is 52.1 Å². The van der Waals surface area contributed by atoms with Gasteiger partial charge in [0.25, 0.3) is 0 Å². The third-order valence-corrected chi connectivity index (χ3v) is 20.2. The van der Waals surface area contributed by atoms with Gasteiger partial charge in [0, 0.05) is 42.1 Å². The molecule has 376 valence electrons. The van der Waals surface area contributed by atoms with E-state index in [0.717, 1.165) is 57.1 Å². The van der Waals surface area contributed by atoms with Crippen LogP contribution in [0.4, 0.5) is 34.1 Å². The van der Waals surface area contributed by atoms with Crippen LogP contribution in [0.15, 0.2) is 287 Å². The van der Waals surface area contributed by atoms with E-state index in [1.54, 1.807) is 0 Å². The molecule has 6 aliphatic rings. The highest BCUT2D eigenvalue weighted by atomic mass is 32.2. The summed E-state index contributed by atoms with van der Waals surface area (Å²) in [7, 11) is 0. The Labute approximate surface area is 479 Å². The Kier molecular flexibility index (Phi) is 9.74. The summed E-state index contributed by atoms with van der Waals surface area (Å²) < 4.78 is 13.3. The standard InChI is InChI=1S/C73H44B2N2O2S2/c1-3-19-45(20-4-1)74-55-23-7-17-33-67(55)80-71-57(74)41-39-53-69(71)49-43-47(76-59-25-9-13-29-63(59)78-64-30-14-10-26-60(64)76)35-37-51(49)73(53)52-38-36-48(77-61-27-11-15-31-65(61)79-66-32-16-12-28-62(66)77)44-50(52)70-54(73)40-42-58-72(70)81-68-34-18-8-24-56(68)75(58)46-21-5-2-6-22-46/h1-44H. The van der Waals surface area contributed by atoms with Gasteiger partial charge in [-0.2, -0.15) is 0 Å². The van der Waals surface area contributed by atoms with E-state index < -0.39 is 5.41 Å². The fraction of sp³-hybridized carbons (Fsp3) is 0.0137. The van der Waals surface area contributed by atoms with Gasteiger partial charge in [-0.1, -0.05) is 238 Å². The van der Waals surface area contributed by atoms with Crippen LogP contribution in [-0.2, 0) is 5.41 Å². The highest BCUT2D eigenvalue weighted by Gasteiger charge is 2.55. The van der Waals surface area contributed by atoms with Gasteiger partial charge in [0.1, 0.15) is 0 Å². The molecular formula is C73H44B2N2O2S2. The monoisotopic (exact) mass is 1070 g/mol. The van der Waals surface area contributed by atoms with Crippen molar-refractivity contribution in [1.29, 1.82) is 0 Å². The summed E-state index contributed by atoms with van der Waals surface area (Å²) in [6.45, 7) is 0.0991. The fourth-order valence-corrected chi connectivity index (χ4v) is 17.1. The van der Waals surface area contributed by atoms with E-state index in [-0.39, 0.29) is 13.4 Å². The predicted molar refractivity (Wildman–Crippen MR) is 336 cm³/mol. The molecule has 0 N–H and O–H groups in total. The number of benzene rings is 12. The average Bonchev–Trinajstić information content (AvgIpc) is 2.20. The van der Waals surface area contributed by atoms with E-state index in [2.05, 4.69) is 277 Å². The molecule has 0 amide bonds. The fourth-order valence-electron chi connectivity index (χ4n) is 14.5. The van der Waals surface area contributed by atoms with Crippen molar-refractivity contribution in [2.24, 2.45) is 0 Å². The number of fused-ring (bicyclic) bond motifs is 20. The second kappa shape index (κ2) is 17.3. The van der Waals surface area contributed by atoms with Gasteiger partial charge >= 0.3 is 0 Å². The van der Waals surface area contributed by atoms with Gasteiger partial charge < -0.3 is 19.3 Å². The lowest BCUT2D eigenvalue weighted by Crippen LogP contribution is -2.55. The Morgan fingerprint density at radius 1 is 0.309 bits per heavy atom. The smallest absolute Gasteiger partial charge is 0.244 e. The molecule has 0 saturated carbocycles. The van der Waals surface area contributed by atoms with Gasteiger partial charge in [-0.05, 0) is 118 Å². The number of anilines is 6. The van der Waals surface area contributed by atoms with Gasteiger partial charge in [-0.15, -0.1) is 0 Å². The number of para-hydroxylation sites is 8. The quantitative estimate of drug-likeness (QED) is 0.163. The number of nitrogens with zero attached hydrogens (tertiary/aromatic N) is 2. The normalized spacial score (nSPS) is 14.5. The van der Waals surface area contributed by atoms with Crippen molar-refractivity contribution in [3.05, 3.63) is 289 Å². The molecule has 0 radical (unpaired) electrons. The number of hydrogen-bond acceptors (Lipinski definition) is 6. The molecule has 0 saturated heterocycles. The molecule has 8 heteroatoms. The summed E-state index contributed by atoms with van der Waals surface area (Å²) in [5.41, 5.74) is 23.8. The topological polar surface area (TPSA) is 24.9 Å². The Morgan fingerprint density at radius 3 is 1.06 bits per heavy atom. The minimum Gasteiger partial charge on any atom is -0.453 e. The Hall–Kier alpha value is -9.33. The number of rotatable bonds is 4. The second-order valence-corrected chi connectivity index (χ2v) is 23.8. The van der Waals surface area contributed by atoms with Gasteiger partial charge in [-0.3, -0.25) is 0 Å². The summed E-state index contributed by atoms with van der Waals surface area (Å²) in [6, 6.07) is 98.9. The van der Waals surface area contributed by atoms with Crippen molar-refractivity contribution in [2.45, 2.75) is 25.0 Å². The van der Waals surface area contributed by atoms with Crippen LogP contribution in [-0.4, -0.2) is 13.4 Å². The number of ether oxygens (including phenoxy) is 2. The average molecular weight is 1070 g/mol. The third-order valence-electron chi connectivity index (χ3n) is 17.7. The van der Waals surface area contributed by atoms with Crippen molar-refractivity contribution in [2.75, 3.05) is 9.80 Å². The second-order valence-electron chi connectivity index (χ2n) is 21.7. The maximum atomic E-state index is 6.63. The molecule has 12 aromatic carbocycles. The van der Waals surface area contributed by atoms with Crippen molar-refractivity contribution >= 4 is 104 Å². The van der Waals surface area contributed by atoms with E-state index in [0.29, 0.717) is 0 Å². The van der Waals surface area contributed by atoms with E-state index in [4.69, 9.17) is 9.47 Å². The molecule has 2 aliphatic carbocycles. The lowest BCUT2D eigenvalue weighted by molar-refractivity contribution is 0.477. The number of hydrogen-bond donors (Lipinski definition) is 0. The van der Waals surface area contributed by atoms with Crippen LogP contribution in [0.5, 0.6) is 23.0 Å². The molecule has 0 fully saturated rings. The van der Waals surface area contributed by atoms with Crippen LogP contribution >= 0.6 is 23.5 Å². The highest BCUT2D eigenvalue weighted by molar-refractivity contribution is 8.00. The molecule has 18 rings (SSSR count). The molecule has 12 aromatic rings. The van der Waals surface area contributed by atoms with E-state index in [1.165, 1.54) is 96.9 Å². The first-order chi connectivity index (χ1) is 40.2. The minimum atomic E-state index is -0.697. The summed E-state index contributed by atoms with van der Waals surface area (Å²) >= 11 is 3.88. The Balaban J connectivity index is 0.953. The van der Waals surface area contributed by atoms with Gasteiger partial charge in [0.05, 0.1) is 28.2 Å². The van der Waals surface area contributed by atoms with Crippen molar-refractivity contribution in [3.63, 3.8) is 0 Å². The third kappa shape index (κ3) is 6.37. The van der Waals surface area contributed by atoms with Crippen LogP contribution in [0.1, 0.15) is 22.3 Å². The zero-order chi connectivity index (χ0) is 52.9. The molecule has 1 spiro atoms. The van der Waals surface area contributed by atoms with Crippen LogP contribution in [0.3, 0.4) is 0 Å². The van der Waals surface area contributed by atoms with Crippen molar-refractivity contribution in [1.82, 2.24) is 0 Å². The SMILES string of the molecule is c1ccc(B2c3ccccc3Sc3c2ccc2c3-c3cc(N4c5ccccc5Oc5ccccc54)ccc3C23c2ccc(N4c5ccccc5Oc5ccccc54)cc2-c2c3ccc3c2Sc2ccccc2B3c2ccccc2)cc1. The summed E-state index contributed by atoms with van der Waals surface area (Å²) in [5, 5.41) is 0. The van der Waals surface area contributed by atoms with E-state index in [1.807, 2.05) is 23.5 Å². The molecule has 0 bridgehead atoms. The van der Waals surface area contributed by atoms with Crippen molar-refractivity contribution < 1.29 is 9.47 Å². The zero-order valence-electron chi connectivity index (χ0n) is 43.6. The molecular weight excluding hydrogens is 1020 g/mol. The first-order valence-electron chi connectivity index (χ1n) is 27.8. The predicted octanol–water partition coefficient (Wildman–Crippen LogP) is 15.1. The molecule has 4 nitrogen and oxygen atoms in total. The summed E-state index contributed by atoms with van der Waals surface area (Å²) in [6.07, 6.45) is 0. The van der Waals surface area contributed by atoms with E-state index >= 15 is 0 Å². The first-order valence-corrected chi connectivity index (χ1v) is 29.4. The van der Waals surface area contributed by atoms with Gasteiger partial charge in [0.15, 0.2) is 23.0 Å². The highest BCUT2D eigenvalue weighted by Crippen LogP contribution is 2.67. The first kappa shape index (κ1) is 45.5. The van der Waals surface area contributed by atoms with Crippen molar-refractivity contribution in [3.8, 4) is 45.3 Å². The molecule has 81 heavy (non-hydrogen) atoms. The maximum Gasteiger partial charge on any atom is 0.244 e. The Bertz CT molecular complexity index is 4280. The van der Waals surface area contributed by atoms with Crippen LogP contribution in [0, 0.1) is 0 Å². The van der Waals surface area contributed by atoms with Gasteiger partial charge in [-0.25, -0.2) is 0 Å². The summed E-state index contributed by atoms with van der Waals surface area (Å²) in [4.78, 5) is 10.0. The molecule has 0 unspecified atom stereocenters. The van der Waals surface area contributed by atoms with Gasteiger partial charge in [0.2, 0.25) is 13.4 Å². The van der Waals surface area contributed by atoms with Crippen LogP contribution in [0.2, 0.25) is 0 Å². The van der Waals surface area contributed by atoms with E-state index in [9.17, 15) is 0 Å². The molecule has 0 atom stereocenters. The van der Waals surface area contributed by atoms with Crippen LogP contribution in [0.25, 0.3) is 22.3 Å². The minimum absolute atomic E-state index is 0.0496. The summed E-state index contributed by atoms with van der Waals surface area (Å²) in [5.74, 6) is 3.34. The lowest BCUT2D eigenvalue weighted by Gasteiger charge is -2.35. The zero-order valence-corrected chi connectivity index (χ0v) is 45.2. The Morgan fingerprint density at radius 2 is 0.654 bits per heavy atom. The lowest BCUT2D eigenvalue weighted by atomic mass is 9.36.